The number of carbonyl (C=O) groups is 1. The molecule has 0 amide bonds. The summed E-state index contributed by atoms with van der Waals surface area (Å²) in [7, 11) is 1.60. The topological polar surface area (TPSA) is 74.7 Å². The lowest BCUT2D eigenvalue weighted by Gasteiger charge is -2.09. The quantitative estimate of drug-likeness (QED) is 0.803. The fourth-order valence-corrected chi connectivity index (χ4v) is 2.64. The van der Waals surface area contributed by atoms with Crippen LogP contribution in [0.2, 0.25) is 0 Å². The molecule has 2 aromatic heterocycles. The van der Waals surface area contributed by atoms with Crippen LogP contribution in [-0.2, 0) is 0 Å². The van der Waals surface area contributed by atoms with E-state index in [0.29, 0.717) is 5.56 Å². The standard InChI is InChI=1S/C18H14N2O3/c1-11-10-20-15(12-3-5-13(6-4-12)18(21)22)7-14(9-19)16(20)8-17(11)23-2/h3-8,10H,1-2H3,(H,21,22). The molecule has 0 saturated heterocycles. The van der Waals surface area contributed by atoms with E-state index in [4.69, 9.17) is 9.84 Å². The van der Waals surface area contributed by atoms with E-state index in [2.05, 4.69) is 6.07 Å². The number of benzene rings is 1. The van der Waals surface area contributed by atoms with Gasteiger partial charge in [-0.2, -0.15) is 5.26 Å². The second-order valence-electron chi connectivity index (χ2n) is 5.22. The van der Waals surface area contributed by atoms with Crippen molar-refractivity contribution in [3.8, 4) is 23.1 Å². The number of nitrogens with zero attached hydrogens (tertiary/aromatic N) is 2. The zero-order valence-corrected chi connectivity index (χ0v) is 12.7. The molecule has 1 aromatic carbocycles. The van der Waals surface area contributed by atoms with Crippen LogP contribution in [0.25, 0.3) is 16.8 Å². The first-order chi connectivity index (χ1) is 11.0. The molecule has 1 N–H and O–H groups in total. The Morgan fingerprint density at radius 2 is 1.96 bits per heavy atom. The van der Waals surface area contributed by atoms with Gasteiger partial charge in [0.25, 0.3) is 0 Å². The first-order valence-electron chi connectivity index (χ1n) is 6.98. The predicted molar refractivity (Wildman–Crippen MR) is 85.8 cm³/mol. The average Bonchev–Trinajstić information content (AvgIpc) is 2.91. The van der Waals surface area contributed by atoms with E-state index in [9.17, 15) is 10.1 Å². The molecule has 5 heteroatoms. The van der Waals surface area contributed by atoms with E-state index < -0.39 is 5.97 Å². The largest absolute Gasteiger partial charge is 0.496 e. The van der Waals surface area contributed by atoms with Gasteiger partial charge in [0, 0.05) is 17.8 Å². The van der Waals surface area contributed by atoms with Crippen LogP contribution >= 0.6 is 0 Å². The van der Waals surface area contributed by atoms with Gasteiger partial charge in [-0.3, -0.25) is 0 Å². The van der Waals surface area contributed by atoms with Crippen molar-refractivity contribution in [3.63, 3.8) is 0 Å². The van der Waals surface area contributed by atoms with E-state index in [0.717, 1.165) is 28.1 Å². The lowest BCUT2D eigenvalue weighted by Crippen LogP contribution is -1.96. The van der Waals surface area contributed by atoms with Crippen molar-refractivity contribution in [2.45, 2.75) is 6.92 Å². The molecule has 0 aliphatic heterocycles. The van der Waals surface area contributed by atoms with Gasteiger partial charge in [0.1, 0.15) is 11.8 Å². The molecule has 0 aliphatic carbocycles. The summed E-state index contributed by atoms with van der Waals surface area (Å²) < 4.78 is 7.24. The highest BCUT2D eigenvalue weighted by Crippen LogP contribution is 2.30. The molecule has 0 unspecified atom stereocenters. The number of ether oxygens (including phenoxy) is 1. The third kappa shape index (κ3) is 2.40. The van der Waals surface area contributed by atoms with Crippen LogP contribution in [0.4, 0.5) is 0 Å². The Hall–Kier alpha value is -3.26. The van der Waals surface area contributed by atoms with E-state index >= 15 is 0 Å². The Bertz CT molecular complexity index is 947. The van der Waals surface area contributed by atoms with Gasteiger partial charge in [-0.1, -0.05) is 12.1 Å². The molecule has 23 heavy (non-hydrogen) atoms. The van der Waals surface area contributed by atoms with Gasteiger partial charge in [0.05, 0.1) is 29.4 Å². The van der Waals surface area contributed by atoms with Crippen LogP contribution in [0.5, 0.6) is 5.75 Å². The monoisotopic (exact) mass is 306 g/mol. The maximum Gasteiger partial charge on any atom is 0.335 e. The molecule has 3 aromatic rings. The minimum Gasteiger partial charge on any atom is -0.496 e. The summed E-state index contributed by atoms with van der Waals surface area (Å²) in [6, 6.07) is 12.4. The molecule has 0 atom stereocenters. The summed E-state index contributed by atoms with van der Waals surface area (Å²) >= 11 is 0. The van der Waals surface area contributed by atoms with Crippen molar-refractivity contribution in [1.82, 2.24) is 4.40 Å². The normalized spacial score (nSPS) is 10.5. The summed E-state index contributed by atoms with van der Waals surface area (Å²) in [6.07, 6.45) is 1.91. The predicted octanol–water partition coefficient (Wildman–Crippen LogP) is 3.49. The number of aryl methyl sites for hydroxylation is 1. The highest BCUT2D eigenvalue weighted by molar-refractivity contribution is 5.88. The Morgan fingerprint density at radius 3 is 2.52 bits per heavy atom. The smallest absolute Gasteiger partial charge is 0.335 e. The molecule has 114 valence electrons. The molecule has 0 radical (unpaired) electrons. The second kappa shape index (κ2) is 5.50. The second-order valence-corrected chi connectivity index (χ2v) is 5.22. The number of hydrogen-bond acceptors (Lipinski definition) is 3. The van der Waals surface area contributed by atoms with Gasteiger partial charge >= 0.3 is 5.97 Å². The number of aromatic carboxylic acids is 1. The van der Waals surface area contributed by atoms with Crippen LogP contribution in [-0.4, -0.2) is 22.6 Å². The number of rotatable bonds is 3. The number of pyridine rings is 1. The lowest BCUT2D eigenvalue weighted by atomic mass is 10.1. The number of methoxy groups -OCH3 is 1. The van der Waals surface area contributed by atoms with Crippen molar-refractivity contribution in [2.75, 3.05) is 7.11 Å². The Balaban J connectivity index is 2.23. The van der Waals surface area contributed by atoms with E-state index in [-0.39, 0.29) is 5.56 Å². The maximum absolute atomic E-state index is 11.0. The summed E-state index contributed by atoms with van der Waals surface area (Å²) in [5.74, 6) is -0.241. The number of carboxylic acid groups (broad SMARTS) is 1. The van der Waals surface area contributed by atoms with Gasteiger partial charge in [-0.25, -0.2) is 4.79 Å². The molecular formula is C18H14N2O3. The minimum atomic E-state index is -0.963. The van der Waals surface area contributed by atoms with Crippen LogP contribution in [0.15, 0.2) is 42.6 Å². The molecule has 0 saturated carbocycles. The van der Waals surface area contributed by atoms with Crippen molar-refractivity contribution in [2.24, 2.45) is 0 Å². The number of aromatic nitrogens is 1. The molecule has 0 bridgehead atoms. The van der Waals surface area contributed by atoms with Crippen LogP contribution < -0.4 is 4.74 Å². The third-order valence-electron chi connectivity index (χ3n) is 3.82. The summed E-state index contributed by atoms with van der Waals surface area (Å²) in [4.78, 5) is 11.0. The molecule has 0 fully saturated rings. The fourth-order valence-electron chi connectivity index (χ4n) is 2.64. The first-order valence-corrected chi connectivity index (χ1v) is 6.98. The van der Waals surface area contributed by atoms with Crippen LogP contribution in [0, 0.1) is 18.3 Å². The molecule has 0 spiro atoms. The summed E-state index contributed by atoms with van der Waals surface area (Å²) in [5, 5.41) is 18.4. The Labute approximate surface area is 133 Å². The number of carboxylic acids is 1. The average molecular weight is 306 g/mol. The number of fused-ring (bicyclic) bond motifs is 1. The highest BCUT2D eigenvalue weighted by Gasteiger charge is 2.13. The van der Waals surface area contributed by atoms with Crippen molar-refractivity contribution in [3.05, 3.63) is 59.3 Å². The molecule has 2 heterocycles. The van der Waals surface area contributed by atoms with Crippen LogP contribution in [0.1, 0.15) is 21.5 Å². The van der Waals surface area contributed by atoms with E-state index in [1.54, 1.807) is 37.4 Å². The number of hydrogen-bond donors (Lipinski definition) is 1. The van der Waals surface area contributed by atoms with E-state index in [1.807, 2.05) is 23.6 Å². The van der Waals surface area contributed by atoms with Crippen molar-refractivity contribution < 1.29 is 14.6 Å². The molecule has 5 nitrogen and oxygen atoms in total. The Morgan fingerprint density at radius 1 is 1.26 bits per heavy atom. The Kier molecular flexibility index (Phi) is 3.51. The third-order valence-corrected chi connectivity index (χ3v) is 3.82. The molecular weight excluding hydrogens is 292 g/mol. The van der Waals surface area contributed by atoms with Gasteiger partial charge < -0.3 is 14.2 Å². The highest BCUT2D eigenvalue weighted by atomic mass is 16.5. The minimum absolute atomic E-state index is 0.230. The molecule has 3 rings (SSSR count). The zero-order chi connectivity index (χ0) is 16.6. The van der Waals surface area contributed by atoms with Crippen molar-refractivity contribution in [1.29, 1.82) is 5.26 Å². The fraction of sp³-hybridized carbons (Fsp3) is 0.111. The SMILES string of the molecule is COc1cc2c(C#N)cc(-c3ccc(C(=O)O)cc3)n2cc1C. The van der Waals surface area contributed by atoms with Crippen LogP contribution in [0.3, 0.4) is 0 Å². The molecule has 0 aliphatic rings. The van der Waals surface area contributed by atoms with Gasteiger partial charge in [0.15, 0.2) is 0 Å². The maximum atomic E-state index is 11.0. The lowest BCUT2D eigenvalue weighted by molar-refractivity contribution is 0.0697. The van der Waals surface area contributed by atoms with E-state index in [1.165, 1.54) is 0 Å². The summed E-state index contributed by atoms with van der Waals surface area (Å²) in [6.45, 7) is 1.93. The zero-order valence-electron chi connectivity index (χ0n) is 12.7. The summed E-state index contributed by atoms with van der Waals surface area (Å²) in [5.41, 5.74) is 4.15. The van der Waals surface area contributed by atoms with Gasteiger partial charge in [-0.05, 0) is 30.7 Å². The van der Waals surface area contributed by atoms with Gasteiger partial charge in [-0.15, -0.1) is 0 Å². The van der Waals surface area contributed by atoms with Crippen molar-refractivity contribution >= 4 is 11.5 Å². The van der Waals surface area contributed by atoms with Gasteiger partial charge in [0.2, 0.25) is 0 Å². The number of nitriles is 1. The first kappa shape index (κ1) is 14.7.